The second kappa shape index (κ2) is 6.27. The Morgan fingerprint density at radius 3 is 2.08 bits per heavy atom. The average molecular weight is 344 g/mol. The minimum atomic E-state index is -0.439. The van der Waals surface area contributed by atoms with Gasteiger partial charge in [0.05, 0.1) is 13.2 Å². The molecule has 0 saturated heterocycles. The summed E-state index contributed by atoms with van der Waals surface area (Å²) in [4.78, 5) is 24.6. The van der Waals surface area contributed by atoms with Gasteiger partial charge in [-0.05, 0) is 40.7 Å². The van der Waals surface area contributed by atoms with E-state index in [9.17, 15) is 9.59 Å². The van der Waals surface area contributed by atoms with Crippen LogP contribution >= 0.6 is 0 Å². The molecule has 6 nitrogen and oxygen atoms in total. The van der Waals surface area contributed by atoms with Crippen molar-refractivity contribution in [3.63, 3.8) is 0 Å². The molecule has 0 unspecified atom stereocenters. The Morgan fingerprint density at radius 1 is 0.920 bits per heavy atom. The third-order valence-corrected chi connectivity index (χ3v) is 4.18. The van der Waals surface area contributed by atoms with Crippen LogP contribution in [-0.2, 0) is 9.47 Å². The van der Waals surface area contributed by atoms with E-state index in [-0.39, 0.29) is 13.2 Å². The monoisotopic (exact) mass is 344 g/mol. The summed E-state index contributed by atoms with van der Waals surface area (Å²) in [6.07, 6.45) is 0. The van der Waals surface area contributed by atoms with Gasteiger partial charge in [0.25, 0.3) is 0 Å². The van der Waals surface area contributed by atoms with Crippen LogP contribution in [0.1, 0.15) is 51.6 Å². The predicted molar refractivity (Wildman–Crippen MR) is 92.1 cm³/mol. The lowest BCUT2D eigenvalue weighted by Gasteiger charge is -2.03. The minimum Gasteiger partial charge on any atom is -0.462 e. The minimum absolute atomic E-state index is 0.277. The molecule has 0 aliphatic carbocycles. The van der Waals surface area contributed by atoms with Crippen LogP contribution in [0.2, 0.25) is 0 Å². The average Bonchev–Trinajstić information content (AvgIpc) is 3.04. The molecular formula is C19H20O6. The Balaban J connectivity index is 2.33. The molecule has 0 radical (unpaired) electrons. The summed E-state index contributed by atoms with van der Waals surface area (Å²) < 4.78 is 21.8. The van der Waals surface area contributed by atoms with Crippen LogP contribution in [0.15, 0.2) is 14.9 Å². The number of ether oxygens (including phenoxy) is 2. The highest BCUT2D eigenvalue weighted by Crippen LogP contribution is 2.37. The van der Waals surface area contributed by atoms with Crippen molar-refractivity contribution in [2.45, 2.75) is 34.6 Å². The molecule has 2 aromatic heterocycles. The number of fused-ring (bicyclic) bond motifs is 2. The molecule has 0 aliphatic heterocycles. The fourth-order valence-electron chi connectivity index (χ4n) is 3.17. The van der Waals surface area contributed by atoms with Crippen molar-refractivity contribution in [3.05, 3.63) is 34.3 Å². The van der Waals surface area contributed by atoms with Gasteiger partial charge < -0.3 is 18.3 Å². The maximum atomic E-state index is 12.3. The maximum Gasteiger partial charge on any atom is 0.342 e. The summed E-state index contributed by atoms with van der Waals surface area (Å²) in [6.45, 7) is 9.32. The van der Waals surface area contributed by atoms with Crippen molar-refractivity contribution in [1.82, 2.24) is 0 Å². The summed E-state index contributed by atoms with van der Waals surface area (Å²) >= 11 is 0. The van der Waals surface area contributed by atoms with Crippen LogP contribution in [0.4, 0.5) is 0 Å². The molecule has 0 bridgehead atoms. The normalized spacial score (nSPS) is 11.2. The topological polar surface area (TPSA) is 78.9 Å². The van der Waals surface area contributed by atoms with Gasteiger partial charge in [0, 0.05) is 16.3 Å². The van der Waals surface area contributed by atoms with E-state index in [1.807, 2.05) is 6.92 Å². The number of carbonyl (C=O) groups is 2. The van der Waals surface area contributed by atoms with Crippen molar-refractivity contribution >= 4 is 33.9 Å². The first-order valence-electron chi connectivity index (χ1n) is 8.20. The van der Waals surface area contributed by atoms with Gasteiger partial charge in [0.2, 0.25) is 0 Å². The van der Waals surface area contributed by atoms with Gasteiger partial charge in [-0.3, -0.25) is 0 Å². The van der Waals surface area contributed by atoms with Crippen LogP contribution in [0, 0.1) is 20.8 Å². The summed E-state index contributed by atoms with van der Waals surface area (Å²) in [7, 11) is 0. The van der Waals surface area contributed by atoms with Crippen molar-refractivity contribution in [3.8, 4) is 0 Å². The van der Waals surface area contributed by atoms with Gasteiger partial charge in [0.1, 0.15) is 33.8 Å². The van der Waals surface area contributed by atoms with Gasteiger partial charge in [-0.1, -0.05) is 0 Å². The molecule has 0 aliphatic rings. The fraction of sp³-hybridized carbons (Fsp3) is 0.368. The highest BCUT2D eigenvalue weighted by molar-refractivity contribution is 6.14. The van der Waals surface area contributed by atoms with Gasteiger partial charge in [-0.15, -0.1) is 0 Å². The van der Waals surface area contributed by atoms with Crippen molar-refractivity contribution in [1.29, 1.82) is 0 Å². The Kier molecular flexibility index (Phi) is 4.29. The fourth-order valence-corrected chi connectivity index (χ4v) is 3.17. The highest BCUT2D eigenvalue weighted by atomic mass is 16.5. The third-order valence-electron chi connectivity index (χ3n) is 4.18. The zero-order chi connectivity index (χ0) is 18.3. The van der Waals surface area contributed by atoms with E-state index in [4.69, 9.17) is 18.3 Å². The van der Waals surface area contributed by atoms with Crippen LogP contribution < -0.4 is 0 Å². The second-order valence-corrected chi connectivity index (χ2v) is 5.76. The van der Waals surface area contributed by atoms with Crippen molar-refractivity contribution < 1.29 is 27.9 Å². The molecule has 3 aromatic rings. The lowest BCUT2D eigenvalue weighted by Crippen LogP contribution is -2.06. The first-order valence-corrected chi connectivity index (χ1v) is 8.20. The quantitative estimate of drug-likeness (QED) is 0.650. The van der Waals surface area contributed by atoms with E-state index in [1.54, 1.807) is 33.8 Å². The summed E-state index contributed by atoms with van der Waals surface area (Å²) in [6, 6.07) is 1.72. The third kappa shape index (κ3) is 2.58. The van der Waals surface area contributed by atoms with Crippen LogP contribution in [0.5, 0.6) is 0 Å². The van der Waals surface area contributed by atoms with E-state index in [1.165, 1.54) is 0 Å². The van der Waals surface area contributed by atoms with E-state index in [2.05, 4.69) is 0 Å². The highest BCUT2D eigenvalue weighted by Gasteiger charge is 2.27. The maximum absolute atomic E-state index is 12.3. The number of carbonyl (C=O) groups excluding carboxylic acids is 2. The summed E-state index contributed by atoms with van der Waals surface area (Å²) in [5.74, 6) is 0.0682. The first kappa shape index (κ1) is 17.1. The van der Waals surface area contributed by atoms with Crippen LogP contribution in [0.25, 0.3) is 21.9 Å². The summed E-state index contributed by atoms with van der Waals surface area (Å²) in [5, 5.41) is 1.26. The molecule has 0 fully saturated rings. The Hall–Kier alpha value is -2.76. The van der Waals surface area contributed by atoms with Crippen molar-refractivity contribution in [2.24, 2.45) is 0 Å². The predicted octanol–water partition coefficient (Wildman–Crippen LogP) is 4.46. The number of aryl methyl sites for hydroxylation is 3. The van der Waals surface area contributed by atoms with E-state index in [0.717, 1.165) is 5.56 Å². The standard InChI is InChI=1S/C19H20O6/c1-6-22-18(20)15-10(4)25-17-9(3)14-13(8-12(15)17)24-11(5)16(14)19(21)23-7-2/h8H,6-7H2,1-5H3. The van der Waals surface area contributed by atoms with Gasteiger partial charge in [0.15, 0.2) is 0 Å². The molecule has 0 spiro atoms. The Morgan fingerprint density at radius 2 is 1.48 bits per heavy atom. The second-order valence-electron chi connectivity index (χ2n) is 5.76. The van der Waals surface area contributed by atoms with Gasteiger partial charge >= 0.3 is 11.9 Å². The first-order chi connectivity index (χ1) is 11.9. The molecule has 2 heterocycles. The Bertz CT molecular complexity index is 989. The van der Waals surface area contributed by atoms with Crippen molar-refractivity contribution in [2.75, 3.05) is 13.2 Å². The molecule has 0 N–H and O–H groups in total. The zero-order valence-electron chi connectivity index (χ0n) is 14.9. The van der Waals surface area contributed by atoms with E-state index >= 15 is 0 Å². The largest absolute Gasteiger partial charge is 0.462 e. The number of furan rings is 2. The lowest BCUT2D eigenvalue weighted by atomic mass is 10.0. The molecule has 0 atom stereocenters. The van der Waals surface area contributed by atoms with Gasteiger partial charge in [-0.25, -0.2) is 9.59 Å². The van der Waals surface area contributed by atoms with E-state index in [0.29, 0.717) is 44.6 Å². The smallest absolute Gasteiger partial charge is 0.342 e. The summed E-state index contributed by atoms with van der Waals surface area (Å²) in [5.41, 5.74) is 2.55. The van der Waals surface area contributed by atoms with E-state index < -0.39 is 11.9 Å². The molecule has 1 aromatic carbocycles. The molecular weight excluding hydrogens is 324 g/mol. The lowest BCUT2D eigenvalue weighted by molar-refractivity contribution is 0.0516. The molecule has 6 heteroatoms. The van der Waals surface area contributed by atoms with Crippen LogP contribution in [-0.4, -0.2) is 25.2 Å². The van der Waals surface area contributed by atoms with Crippen LogP contribution in [0.3, 0.4) is 0 Å². The molecule has 25 heavy (non-hydrogen) atoms. The zero-order valence-corrected chi connectivity index (χ0v) is 14.9. The number of hydrogen-bond acceptors (Lipinski definition) is 6. The molecule has 132 valence electrons. The Labute approximate surface area is 144 Å². The number of hydrogen-bond donors (Lipinski definition) is 0. The number of rotatable bonds is 4. The number of esters is 2. The molecule has 0 amide bonds. The molecule has 3 rings (SSSR count). The van der Waals surface area contributed by atoms with Gasteiger partial charge in [-0.2, -0.15) is 0 Å². The number of benzene rings is 1. The SMILES string of the molecule is CCOC(=O)c1c(C)oc2c(C)c3c(C(=O)OCC)c(C)oc3cc12. The molecule has 0 saturated carbocycles.